The second-order valence-corrected chi connectivity index (χ2v) is 12.5. The molecular formula is C30H38O12. The van der Waals surface area contributed by atoms with Crippen molar-refractivity contribution in [2.24, 2.45) is 28.1 Å². The average molecular weight is 591 g/mol. The topological polar surface area (TPSA) is 166 Å². The minimum absolute atomic E-state index is 0.0263. The Balaban J connectivity index is 2.04. The average Bonchev–Trinajstić information content (AvgIpc) is 3.53. The zero-order valence-corrected chi connectivity index (χ0v) is 25.2. The molecule has 4 aliphatic carbocycles. The summed E-state index contributed by atoms with van der Waals surface area (Å²) in [6.07, 6.45) is -4.40. The molecule has 0 saturated heterocycles. The number of esters is 5. The zero-order valence-electron chi connectivity index (χ0n) is 25.2. The standard InChI is InChI=1S/C30H38O12/c1-13-11-30(13)26(37)20-21(22(36)27(30)42-18(6)35)28(7)10-9-19(39-15(3)32)29(8,12-38-14(2)31)25(28)24(41-17(5)34)23(20)40-16(4)33/h13,19,23-25,27H,9-12H2,1-8H3. The highest BCUT2D eigenvalue weighted by Crippen LogP contribution is 2.67. The van der Waals surface area contributed by atoms with Crippen molar-refractivity contribution in [2.45, 2.75) is 99.1 Å². The lowest BCUT2D eigenvalue weighted by Gasteiger charge is -2.61. The van der Waals surface area contributed by atoms with Crippen LogP contribution in [0, 0.1) is 28.1 Å². The van der Waals surface area contributed by atoms with Gasteiger partial charge in [-0.1, -0.05) is 20.8 Å². The molecule has 12 nitrogen and oxygen atoms in total. The summed E-state index contributed by atoms with van der Waals surface area (Å²) in [6, 6.07) is 0. The van der Waals surface area contributed by atoms with Gasteiger partial charge in [0.05, 0.1) is 5.41 Å². The normalized spacial score (nSPS) is 38.6. The van der Waals surface area contributed by atoms with E-state index in [1.807, 2.05) is 0 Å². The van der Waals surface area contributed by atoms with Gasteiger partial charge in [-0.15, -0.1) is 0 Å². The highest BCUT2D eigenvalue weighted by atomic mass is 16.6. The number of carbonyl (C=O) groups excluding carboxylic acids is 7. The third-order valence-corrected chi connectivity index (χ3v) is 9.57. The van der Waals surface area contributed by atoms with E-state index in [1.54, 1.807) is 20.8 Å². The van der Waals surface area contributed by atoms with Crippen molar-refractivity contribution in [3.8, 4) is 0 Å². The fourth-order valence-electron chi connectivity index (χ4n) is 7.96. The van der Waals surface area contributed by atoms with Gasteiger partial charge in [0.25, 0.3) is 0 Å². The molecule has 4 aliphatic rings. The van der Waals surface area contributed by atoms with Gasteiger partial charge in [0.1, 0.15) is 18.8 Å². The first kappa shape index (κ1) is 31.4. The van der Waals surface area contributed by atoms with Gasteiger partial charge in [-0.2, -0.15) is 0 Å². The maximum Gasteiger partial charge on any atom is 0.303 e. The van der Waals surface area contributed by atoms with E-state index < -0.39 is 88.0 Å². The number of rotatable bonds is 6. The Kier molecular flexibility index (Phi) is 7.92. The Hall–Kier alpha value is -3.57. The fourth-order valence-corrected chi connectivity index (χ4v) is 7.96. The van der Waals surface area contributed by atoms with E-state index in [-0.39, 0.29) is 42.9 Å². The number of hydrogen-bond acceptors (Lipinski definition) is 12. The third kappa shape index (κ3) is 4.82. The molecule has 1 spiro atoms. The number of ether oxygens (including phenoxy) is 5. The smallest absolute Gasteiger partial charge is 0.303 e. The highest BCUT2D eigenvalue weighted by molar-refractivity contribution is 6.20. The second kappa shape index (κ2) is 10.6. The van der Waals surface area contributed by atoms with Gasteiger partial charge in [-0.25, -0.2) is 0 Å². The first-order chi connectivity index (χ1) is 19.4. The first-order valence-electron chi connectivity index (χ1n) is 14.1. The molecule has 0 aromatic rings. The number of hydrogen-bond donors (Lipinski definition) is 0. The van der Waals surface area contributed by atoms with Gasteiger partial charge in [0.15, 0.2) is 18.0 Å². The molecule has 4 rings (SSSR count). The van der Waals surface area contributed by atoms with Crippen molar-refractivity contribution in [3.05, 3.63) is 11.1 Å². The molecule has 2 saturated carbocycles. The molecule has 230 valence electrons. The summed E-state index contributed by atoms with van der Waals surface area (Å²) in [5.41, 5.74) is -3.92. The van der Waals surface area contributed by atoms with Gasteiger partial charge in [0.2, 0.25) is 5.78 Å². The Labute approximate surface area is 243 Å². The summed E-state index contributed by atoms with van der Waals surface area (Å²) in [7, 11) is 0. The molecule has 0 aliphatic heterocycles. The molecule has 0 radical (unpaired) electrons. The molecule has 2 fully saturated rings. The second-order valence-electron chi connectivity index (χ2n) is 12.5. The molecular weight excluding hydrogens is 552 g/mol. The van der Waals surface area contributed by atoms with E-state index in [9.17, 15) is 33.6 Å². The van der Waals surface area contributed by atoms with E-state index in [0.29, 0.717) is 0 Å². The van der Waals surface area contributed by atoms with E-state index in [1.165, 1.54) is 13.8 Å². The van der Waals surface area contributed by atoms with Crippen LogP contribution in [-0.4, -0.2) is 72.4 Å². The minimum atomic E-state index is -1.49. The SMILES string of the molecule is CC(=O)OCC1(C)C(OC(C)=O)CCC2(C)C3=C(C(=O)C4(CC4C)C(OC(C)=O)C3=O)C(OC(C)=O)C(OC(C)=O)C21. The summed E-state index contributed by atoms with van der Waals surface area (Å²) < 4.78 is 28.3. The van der Waals surface area contributed by atoms with E-state index in [2.05, 4.69) is 0 Å². The molecule has 42 heavy (non-hydrogen) atoms. The molecule has 0 amide bonds. The number of ketones is 2. The maximum atomic E-state index is 14.5. The Morgan fingerprint density at radius 2 is 1.36 bits per heavy atom. The number of Topliss-reactive ketones (excluding diaryl/α,β-unsaturated/α-hetero) is 2. The van der Waals surface area contributed by atoms with Crippen LogP contribution in [0.4, 0.5) is 0 Å². The third-order valence-electron chi connectivity index (χ3n) is 9.57. The van der Waals surface area contributed by atoms with Crippen molar-refractivity contribution in [3.63, 3.8) is 0 Å². The van der Waals surface area contributed by atoms with Crippen LogP contribution in [0.25, 0.3) is 0 Å². The van der Waals surface area contributed by atoms with E-state index in [4.69, 9.17) is 23.7 Å². The van der Waals surface area contributed by atoms with Crippen LogP contribution in [-0.2, 0) is 57.2 Å². The molecule has 0 aromatic heterocycles. The molecule has 0 N–H and O–H groups in total. The first-order valence-corrected chi connectivity index (χ1v) is 14.1. The van der Waals surface area contributed by atoms with E-state index >= 15 is 0 Å². The van der Waals surface area contributed by atoms with Crippen LogP contribution in [0.1, 0.15) is 74.7 Å². The van der Waals surface area contributed by atoms with Crippen LogP contribution < -0.4 is 0 Å². The molecule has 0 heterocycles. The fraction of sp³-hybridized carbons (Fsp3) is 0.700. The predicted octanol–water partition coefficient (Wildman–Crippen LogP) is 2.19. The summed E-state index contributed by atoms with van der Waals surface area (Å²) >= 11 is 0. The molecule has 12 heteroatoms. The van der Waals surface area contributed by atoms with Gasteiger partial charge < -0.3 is 23.7 Å². The van der Waals surface area contributed by atoms with Crippen LogP contribution in [0.2, 0.25) is 0 Å². The maximum absolute atomic E-state index is 14.5. The predicted molar refractivity (Wildman–Crippen MR) is 141 cm³/mol. The van der Waals surface area contributed by atoms with Crippen molar-refractivity contribution in [1.82, 2.24) is 0 Å². The van der Waals surface area contributed by atoms with Gasteiger partial charge >= 0.3 is 29.8 Å². The summed E-state index contributed by atoms with van der Waals surface area (Å²) in [5, 5.41) is 0. The molecule has 0 aromatic carbocycles. The summed E-state index contributed by atoms with van der Waals surface area (Å²) in [6.45, 7) is 10.8. The lowest BCUT2D eigenvalue weighted by Crippen LogP contribution is -2.68. The van der Waals surface area contributed by atoms with Crippen LogP contribution >= 0.6 is 0 Å². The Bertz CT molecular complexity index is 1300. The van der Waals surface area contributed by atoms with E-state index in [0.717, 1.165) is 20.8 Å². The van der Waals surface area contributed by atoms with Crippen LogP contribution in [0.15, 0.2) is 11.1 Å². The minimum Gasteiger partial charge on any atom is -0.465 e. The van der Waals surface area contributed by atoms with Gasteiger partial charge in [0, 0.05) is 62.5 Å². The summed E-state index contributed by atoms with van der Waals surface area (Å²) in [5.74, 6) is -5.83. The zero-order chi connectivity index (χ0) is 31.5. The largest absolute Gasteiger partial charge is 0.465 e. The van der Waals surface area contributed by atoms with Crippen LogP contribution in [0.5, 0.6) is 0 Å². The summed E-state index contributed by atoms with van der Waals surface area (Å²) in [4.78, 5) is 90.4. The number of carbonyl (C=O) groups is 7. The highest BCUT2D eigenvalue weighted by Gasteiger charge is 2.75. The Morgan fingerprint density at radius 1 is 0.810 bits per heavy atom. The Morgan fingerprint density at radius 3 is 1.83 bits per heavy atom. The molecule has 9 atom stereocenters. The lowest BCUT2D eigenvalue weighted by molar-refractivity contribution is -0.218. The van der Waals surface area contributed by atoms with Crippen molar-refractivity contribution < 1.29 is 57.2 Å². The monoisotopic (exact) mass is 590 g/mol. The van der Waals surface area contributed by atoms with Crippen molar-refractivity contribution in [1.29, 1.82) is 0 Å². The molecule has 9 unspecified atom stereocenters. The lowest BCUT2D eigenvalue weighted by atomic mass is 9.45. The van der Waals surface area contributed by atoms with Crippen molar-refractivity contribution >= 4 is 41.4 Å². The molecule has 0 bridgehead atoms. The van der Waals surface area contributed by atoms with Gasteiger partial charge in [-0.05, 0) is 25.2 Å². The quantitative estimate of drug-likeness (QED) is 0.327. The number of fused-ring (bicyclic) bond motifs is 2. The van der Waals surface area contributed by atoms with Gasteiger partial charge in [-0.3, -0.25) is 33.6 Å². The van der Waals surface area contributed by atoms with Crippen LogP contribution in [0.3, 0.4) is 0 Å². The van der Waals surface area contributed by atoms with Crippen molar-refractivity contribution in [2.75, 3.05) is 6.61 Å².